The standard InChI is InChI=1S/C32H44N2O4/c1-21(2)30-25-19-23(22-14-17-34(18-15-22)16-8-9-29(35)38-32(3,4)5)10-12-26(25)33-31(30)24-11-13-27(36-6)28(20-24)37-7/h10-13,19-22,33H,8-9,14-18H2,1-7H3. The number of likely N-dealkylation sites (tertiary alicyclic amines) is 1. The summed E-state index contributed by atoms with van der Waals surface area (Å²) in [5.41, 5.74) is 5.77. The second kappa shape index (κ2) is 11.8. The number of aromatic nitrogens is 1. The Kier molecular flexibility index (Phi) is 8.71. The van der Waals surface area contributed by atoms with Gasteiger partial charge in [0, 0.05) is 22.9 Å². The third-order valence-corrected chi connectivity index (χ3v) is 7.45. The number of carbonyl (C=O) groups is 1. The van der Waals surface area contributed by atoms with E-state index in [0.29, 0.717) is 18.3 Å². The number of hydrogen-bond donors (Lipinski definition) is 1. The average molecular weight is 521 g/mol. The number of nitrogens with zero attached hydrogens (tertiary/aromatic N) is 1. The van der Waals surface area contributed by atoms with Crippen LogP contribution < -0.4 is 9.47 Å². The molecule has 3 aromatic rings. The van der Waals surface area contributed by atoms with E-state index in [-0.39, 0.29) is 5.97 Å². The number of H-pyrrole nitrogens is 1. The lowest BCUT2D eigenvalue weighted by Gasteiger charge is -2.32. The predicted octanol–water partition coefficient (Wildman–Crippen LogP) is 7.28. The Hall–Kier alpha value is -2.99. The van der Waals surface area contributed by atoms with Gasteiger partial charge in [-0.15, -0.1) is 0 Å². The van der Waals surface area contributed by atoms with Crippen molar-refractivity contribution in [1.29, 1.82) is 0 Å². The highest BCUT2D eigenvalue weighted by Crippen LogP contribution is 2.40. The third-order valence-electron chi connectivity index (χ3n) is 7.45. The van der Waals surface area contributed by atoms with E-state index in [2.05, 4.69) is 54.1 Å². The normalized spacial score (nSPS) is 15.3. The van der Waals surface area contributed by atoms with E-state index in [1.807, 2.05) is 26.8 Å². The van der Waals surface area contributed by atoms with Gasteiger partial charge >= 0.3 is 5.97 Å². The molecule has 4 rings (SSSR count). The van der Waals surface area contributed by atoms with E-state index in [9.17, 15) is 4.79 Å². The molecule has 1 aliphatic heterocycles. The molecule has 206 valence electrons. The SMILES string of the molecule is COc1ccc(-c2[nH]c3ccc(C4CCN(CCCC(=O)OC(C)(C)C)CC4)cc3c2C(C)C)cc1OC. The summed E-state index contributed by atoms with van der Waals surface area (Å²) in [5.74, 6) is 2.30. The maximum absolute atomic E-state index is 12.0. The first-order chi connectivity index (χ1) is 18.1. The summed E-state index contributed by atoms with van der Waals surface area (Å²) in [6.07, 6.45) is 3.62. The van der Waals surface area contributed by atoms with E-state index >= 15 is 0 Å². The van der Waals surface area contributed by atoms with Gasteiger partial charge in [-0.3, -0.25) is 4.79 Å². The molecule has 0 bridgehead atoms. The number of esters is 1. The Balaban J connectivity index is 1.46. The fourth-order valence-electron chi connectivity index (χ4n) is 5.63. The highest BCUT2D eigenvalue weighted by molar-refractivity contribution is 5.92. The minimum Gasteiger partial charge on any atom is -0.493 e. The van der Waals surface area contributed by atoms with Gasteiger partial charge in [0.15, 0.2) is 11.5 Å². The van der Waals surface area contributed by atoms with Gasteiger partial charge in [0.25, 0.3) is 0 Å². The van der Waals surface area contributed by atoms with Crippen LogP contribution in [0.4, 0.5) is 0 Å². The number of hydrogen-bond acceptors (Lipinski definition) is 5. The zero-order valence-electron chi connectivity index (χ0n) is 24.1. The quantitative estimate of drug-likeness (QED) is 0.301. The zero-order chi connectivity index (χ0) is 27.4. The van der Waals surface area contributed by atoms with Gasteiger partial charge < -0.3 is 24.1 Å². The van der Waals surface area contributed by atoms with Crippen LogP contribution in [0, 0.1) is 0 Å². The van der Waals surface area contributed by atoms with E-state index in [4.69, 9.17) is 14.2 Å². The topological polar surface area (TPSA) is 63.8 Å². The summed E-state index contributed by atoms with van der Waals surface area (Å²) in [6, 6.07) is 13.1. The van der Waals surface area contributed by atoms with E-state index in [1.165, 1.54) is 22.0 Å². The molecular formula is C32H44N2O4. The highest BCUT2D eigenvalue weighted by atomic mass is 16.6. The maximum atomic E-state index is 12.0. The van der Waals surface area contributed by atoms with Crippen molar-refractivity contribution < 1.29 is 19.0 Å². The second-order valence-electron chi connectivity index (χ2n) is 11.7. The third kappa shape index (κ3) is 6.52. The molecule has 2 heterocycles. The van der Waals surface area contributed by atoms with Crippen LogP contribution in [-0.2, 0) is 9.53 Å². The van der Waals surface area contributed by atoms with Crippen molar-refractivity contribution in [2.24, 2.45) is 0 Å². The molecule has 38 heavy (non-hydrogen) atoms. The smallest absolute Gasteiger partial charge is 0.306 e. The number of rotatable bonds is 9. The molecule has 0 aliphatic carbocycles. The van der Waals surface area contributed by atoms with Gasteiger partial charge in [0.05, 0.1) is 19.9 Å². The van der Waals surface area contributed by atoms with Gasteiger partial charge in [0.1, 0.15) is 5.60 Å². The monoisotopic (exact) mass is 520 g/mol. The predicted molar refractivity (Wildman–Crippen MR) is 154 cm³/mol. The van der Waals surface area contributed by atoms with Crippen molar-refractivity contribution in [2.45, 2.75) is 77.7 Å². The van der Waals surface area contributed by atoms with E-state index in [1.54, 1.807) is 14.2 Å². The Morgan fingerprint density at radius 2 is 1.74 bits per heavy atom. The van der Waals surface area contributed by atoms with Gasteiger partial charge in [-0.1, -0.05) is 19.9 Å². The molecule has 2 aromatic carbocycles. The molecule has 0 atom stereocenters. The van der Waals surface area contributed by atoms with Gasteiger partial charge in [0.2, 0.25) is 0 Å². The van der Waals surface area contributed by atoms with E-state index in [0.717, 1.165) is 61.7 Å². The minimum atomic E-state index is -0.409. The van der Waals surface area contributed by atoms with Gasteiger partial charge in [-0.2, -0.15) is 0 Å². The van der Waals surface area contributed by atoms with Crippen LogP contribution in [0.1, 0.15) is 83.3 Å². The molecule has 1 fully saturated rings. The average Bonchev–Trinajstić information content (AvgIpc) is 3.27. The summed E-state index contributed by atoms with van der Waals surface area (Å²) in [5, 5.41) is 1.31. The number of benzene rings is 2. The molecule has 1 aromatic heterocycles. The summed E-state index contributed by atoms with van der Waals surface area (Å²) in [4.78, 5) is 18.2. The molecule has 0 saturated carbocycles. The first-order valence-corrected chi connectivity index (χ1v) is 13.9. The molecule has 1 saturated heterocycles. The van der Waals surface area contributed by atoms with Crippen molar-refractivity contribution >= 4 is 16.9 Å². The minimum absolute atomic E-state index is 0.0967. The first-order valence-electron chi connectivity index (χ1n) is 13.9. The van der Waals surface area contributed by atoms with Crippen molar-refractivity contribution in [3.63, 3.8) is 0 Å². The largest absolute Gasteiger partial charge is 0.493 e. The zero-order valence-corrected chi connectivity index (χ0v) is 24.1. The first kappa shape index (κ1) is 28.0. The van der Waals surface area contributed by atoms with Crippen molar-refractivity contribution in [1.82, 2.24) is 9.88 Å². The van der Waals surface area contributed by atoms with Gasteiger partial charge in [-0.05, 0) is 113 Å². The molecule has 0 radical (unpaired) electrons. The fourth-order valence-corrected chi connectivity index (χ4v) is 5.63. The maximum Gasteiger partial charge on any atom is 0.306 e. The lowest BCUT2D eigenvalue weighted by atomic mass is 9.87. The van der Waals surface area contributed by atoms with Crippen molar-refractivity contribution in [2.75, 3.05) is 33.9 Å². The number of aromatic amines is 1. The van der Waals surface area contributed by atoms with Crippen LogP contribution >= 0.6 is 0 Å². The van der Waals surface area contributed by atoms with Crippen LogP contribution in [-0.4, -0.2) is 55.3 Å². The number of nitrogens with one attached hydrogen (secondary N) is 1. The van der Waals surface area contributed by atoms with E-state index < -0.39 is 5.60 Å². The number of methoxy groups -OCH3 is 2. The Bertz CT molecular complexity index is 1250. The molecular weight excluding hydrogens is 476 g/mol. The summed E-state index contributed by atoms with van der Waals surface area (Å²) in [7, 11) is 3.34. The Morgan fingerprint density at radius 1 is 1.03 bits per heavy atom. The lowest BCUT2D eigenvalue weighted by molar-refractivity contribution is -0.155. The number of ether oxygens (including phenoxy) is 3. The fraction of sp³-hybridized carbons (Fsp3) is 0.531. The number of piperidine rings is 1. The van der Waals surface area contributed by atoms with Crippen LogP contribution in [0.15, 0.2) is 36.4 Å². The molecule has 0 spiro atoms. The summed E-state index contributed by atoms with van der Waals surface area (Å²) in [6.45, 7) is 13.4. The number of fused-ring (bicyclic) bond motifs is 1. The number of carbonyl (C=O) groups excluding carboxylic acids is 1. The molecule has 6 nitrogen and oxygen atoms in total. The van der Waals surface area contributed by atoms with Gasteiger partial charge in [-0.25, -0.2) is 0 Å². The molecule has 0 unspecified atom stereocenters. The lowest BCUT2D eigenvalue weighted by Crippen LogP contribution is -2.34. The van der Waals surface area contributed by atoms with Crippen molar-refractivity contribution in [3.8, 4) is 22.8 Å². The summed E-state index contributed by atoms with van der Waals surface area (Å²) >= 11 is 0. The molecule has 6 heteroatoms. The molecule has 0 amide bonds. The van der Waals surface area contributed by atoms with Crippen LogP contribution in [0.3, 0.4) is 0 Å². The van der Waals surface area contributed by atoms with Crippen molar-refractivity contribution in [3.05, 3.63) is 47.5 Å². The Morgan fingerprint density at radius 3 is 2.37 bits per heavy atom. The van der Waals surface area contributed by atoms with Crippen LogP contribution in [0.2, 0.25) is 0 Å². The second-order valence-corrected chi connectivity index (χ2v) is 11.7. The molecule has 1 N–H and O–H groups in total. The molecule has 1 aliphatic rings. The Labute approximate surface area is 227 Å². The van der Waals surface area contributed by atoms with Crippen LogP contribution in [0.5, 0.6) is 11.5 Å². The van der Waals surface area contributed by atoms with Crippen LogP contribution in [0.25, 0.3) is 22.2 Å². The summed E-state index contributed by atoms with van der Waals surface area (Å²) < 4.78 is 16.5. The highest BCUT2D eigenvalue weighted by Gasteiger charge is 2.23.